The summed E-state index contributed by atoms with van der Waals surface area (Å²) in [5.41, 5.74) is 0. The Labute approximate surface area is 50.4 Å². The van der Waals surface area contributed by atoms with Crippen LogP contribution in [0.2, 0.25) is 0 Å². The summed E-state index contributed by atoms with van der Waals surface area (Å²) < 4.78 is 2.91. The van der Waals surface area contributed by atoms with Crippen LogP contribution in [-0.2, 0) is 0 Å². The van der Waals surface area contributed by atoms with Gasteiger partial charge in [0.15, 0.2) is 0 Å². The first-order chi connectivity index (χ1) is 2.41. The van der Waals surface area contributed by atoms with Gasteiger partial charge in [0, 0.05) is 0 Å². The zero-order valence-electron chi connectivity index (χ0n) is 3.71. The van der Waals surface area contributed by atoms with Crippen LogP contribution in [0.1, 0.15) is 13.3 Å². The summed E-state index contributed by atoms with van der Waals surface area (Å²) in [6, 6.07) is 0. The van der Waals surface area contributed by atoms with Gasteiger partial charge in [0.2, 0.25) is 0 Å². The predicted molar refractivity (Wildman–Crippen MR) is 23.8 cm³/mol. The van der Waals surface area contributed by atoms with Crippen LogP contribution >= 0.6 is 0 Å². The standard InChI is InChI=1S/C4H5.Na/c1-3-4-2;/h3H2,1H3;. The summed E-state index contributed by atoms with van der Waals surface area (Å²) in [6.45, 7) is 2.06. The van der Waals surface area contributed by atoms with Crippen LogP contribution in [-0.4, -0.2) is 27.9 Å². The van der Waals surface area contributed by atoms with Crippen molar-refractivity contribution in [3.05, 3.63) is 0 Å². The fraction of sp³-hybridized carbons (Fsp3) is 0.500. The van der Waals surface area contributed by atoms with Gasteiger partial charge in [-0.15, -0.1) is 0 Å². The Hall–Kier alpha value is 0.560. The molecule has 0 fully saturated rings. The van der Waals surface area contributed by atoms with E-state index in [-0.39, 0.29) is 0 Å². The third-order valence-corrected chi connectivity index (χ3v) is 0.707. The minimum atomic E-state index is 1.02. The molecule has 0 aliphatic carbocycles. The van der Waals surface area contributed by atoms with Crippen molar-refractivity contribution in [3.8, 4) is 9.09 Å². The molecule has 0 nitrogen and oxygen atoms in total. The van der Waals surface area contributed by atoms with Gasteiger partial charge >= 0.3 is 50.4 Å². The van der Waals surface area contributed by atoms with Gasteiger partial charge in [-0.2, -0.15) is 0 Å². The van der Waals surface area contributed by atoms with Gasteiger partial charge in [-0.05, 0) is 0 Å². The van der Waals surface area contributed by atoms with Crippen molar-refractivity contribution >= 4 is 27.9 Å². The SMILES string of the molecule is CCC#[C][Na]. The van der Waals surface area contributed by atoms with Crippen molar-refractivity contribution in [2.75, 3.05) is 0 Å². The summed E-state index contributed by atoms with van der Waals surface area (Å²) in [4.78, 5) is 0. The Morgan fingerprint density at radius 1 is 1.80 bits per heavy atom. The molecule has 0 heterocycles. The van der Waals surface area contributed by atoms with Crippen molar-refractivity contribution < 1.29 is 0 Å². The molecule has 0 N–H and O–H groups in total. The maximum atomic E-state index is 2.92. The van der Waals surface area contributed by atoms with E-state index in [1.165, 1.54) is 0 Å². The third-order valence-electron chi connectivity index (χ3n) is 0.354. The van der Waals surface area contributed by atoms with Crippen molar-refractivity contribution in [3.63, 3.8) is 0 Å². The molecule has 0 saturated carbocycles. The minimum absolute atomic E-state index is 1.02. The van der Waals surface area contributed by atoms with E-state index in [4.69, 9.17) is 0 Å². The molecule has 0 aromatic heterocycles. The van der Waals surface area contributed by atoms with Crippen LogP contribution in [0.15, 0.2) is 0 Å². The van der Waals surface area contributed by atoms with Crippen LogP contribution in [0.5, 0.6) is 0 Å². The molecule has 0 aromatic rings. The Balaban J connectivity index is 2.81. The zero-order chi connectivity index (χ0) is 4.12. The molecule has 0 amide bonds. The molecule has 5 heavy (non-hydrogen) atoms. The molecule has 0 atom stereocenters. The van der Waals surface area contributed by atoms with Gasteiger partial charge in [-0.3, -0.25) is 0 Å². The van der Waals surface area contributed by atoms with Crippen molar-refractivity contribution in [1.82, 2.24) is 0 Å². The molecule has 0 radical (unpaired) electrons. The topological polar surface area (TPSA) is 0 Å². The van der Waals surface area contributed by atoms with E-state index in [0.717, 1.165) is 34.4 Å². The number of rotatable bonds is 0. The van der Waals surface area contributed by atoms with Crippen molar-refractivity contribution in [2.24, 2.45) is 0 Å². The van der Waals surface area contributed by atoms with Gasteiger partial charge in [-0.25, -0.2) is 0 Å². The summed E-state index contributed by atoms with van der Waals surface area (Å²) in [5, 5.41) is 0. The third kappa shape index (κ3) is 4.56. The normalized spacial score (nSPS) is 5.40. The molecule has 0 rings (SSSR count). The van der Waals surface area contributed by atoms with Crippen molar-refractivity contribution in [2.45, 2.75) is 13.3 Å². The Morgan fingerprint density at radius 2 is 2.40 bits per heavy atom. The first kappa shape index (κ1) is 5.56. The first-order valence-corrected chi connectivity index (χ1v) is 2.81. The van der Waals surface area contributed by atoms with E-state index in [1.807, 2.05) is 0 Å². The van der Waals surface area contributed by atoms with Crippen LogP contribution < -0.4 is 0 Å². The molecule has 1 heteroatoms. The number of hydrogen-bond acceptors (Lipinski definition) is 0. The van der Waals surface area contributed by atoms with Crippen LogP contribution in [0.3, 0.4) is 0 Å². The number of hydrogen-bond donors (Lipinski definition) is 0. The second kappa shape index (κ2) is 4.56. The monoisotopic (exact) mass is 76.0 g/mol. The molecule has 0 bridgehead atoms. The van der Waals surface area contributed by atoms with E-state index in [0.29, 0.717) is 0 Å². The maximum absolute atomic E-state index is 2.92. The van der Waals surface area contributed by atoms with Crippen molar-refractivity contribution in [1.29, 1.82) is 0 Å². The van der Waals surface area contributed by atoms with E-state index in [1.54, 1.807) is 0 Å². The average Bonchev–Trinajstić information content (AvgIpc) is 1.41. The summed E-state index contributed by atoms with van der Waals surface area (Å²) in [5.74, 6) is 2.92. The summed E-state index contributed by atoms with van der Waals surface area (Å²) in [7, 11) is 0. The van der Waals surface area contributed by atoms with E-state index >= 15 is 0 Å². The molecule has 0 aliphatic heterocycles. The fourth-order valence-electron chi connectivity index (χ4n) is 0.177. The molecule has 22 valence electrons. The molecule has 0 saturated heterocycles. The van der Waals surface area contributed by atoms with Gasteiger partial charge < -0.3 is 0 Å². The zero-order valence-corrected chi connectivity index (χ0v) is 5.71. The summed E-state index contributed by atoms with van der Waals surface area (Å²) >= 11 is 1.04. The van der Waals surface area contributed by atoms with Crippen LogP contribution in [0.25, 0.3) is 0 Å². The molecular formula is C4H5Na. The van der Waals surface area contributed by atoms with Gasteiger partial charge in [0.1, 0.15) is 0 Å². The first-order valence-electron chi connectivity index (χ1n) is 1.81. The van der Waals surface area contributed by atoms with Crippen LogP contribution in [0, 0.1) is 9.09 Å². The van der Waals surface area contributed by atoms with Gasteiger partial charge in [-0.1, -0.05) is 0 Å². The fourth-order valence-corrected chi connectivity index (χ4v) is 0.530. The molecule has 0 unspecified atom stereocenters. The second-order valence-electron chi connectivity index (χ2n) is 0.780. The quantitative estimate of drug-likeness (QED) is 0.291. The van der Waals surface area contributed by atoms with E-state index in [9.17, 15) is 0 Å². The molecule has 0 spiro atoms. The molecular weight excluding hydrogens is 71.0 g/mol. The Kier molecular flexibility index (Phi) is 5.07. The van der Waals surface area contributed by atoms with Gasteiger partial charge in [0.05, 0.1) is 0 Å². The molecule has 0 aliphatic rings. The van der Waals surface area contributed by atoms with E-state index in [2.05, 4.69) is 16.0 Å². The Bertz CT molecular complexity index is 55.8. The van der Waals surface area contributed by atoms with Gasteiger partial charge in [0.25, 0.3) is 0 Å². The molecule has 0 aromatic carbocycles. The average molecular weight is 76.1 g/mol. The Morgan fingerprint density at radius 3 is 2.40 bits per heavy atom. The summed E-state index contributed by atoms with van der Waals surface area (Å²) in [6.07, 6.45) is 1.02. The second-order valence-corrected chi connectivity index (χ2v) is 1.28. The van der Waals surface area contributed by atoms with E-state index < -0.39 is 0 Å². The van der Waals surface area contributed by atoms with Crippen LogP contribution in [0.4, 0.5) is 0 Å². The predicted octanol–water partition coefficient (Wildman–Crippen LogP) is 0.526.